The Balaban J connectivity index is 1.84. The van der Waals surface area contributed by atoms with Gasteiger partial charge >= 0.3 is 6.03 Å². The number of halogens is 1. The summed E-state index contributed by atoms with van der Waals surface area (Å²) >= 11 is 5.97. The van der Waals surface area contributed by atoms with Gasteiger partial charge in [0.15, 0.2) is 0 Å². The monoisotopic (exact) mass is 491 g/mol. The number of nitrogens with zero attached hydrogens (tertiary/aromatic N) is 1. The number of pyridine rings is 1. The highest BCUT2D eigenvalue weighted by atomic mass is 35.5. The molecule has 0 saturated heterocycles. The second kappa shape index (κ2) is 11.4. The molecule has 0 radical (unpaired) electrons. The van der Waals surface area contributed by atoms with Crippen LogP contribution in [-0.4, -0.2) is 34.2 Å². The summed E-state index contributed by atoms with van der Waals surface area (Å²) in [5, 5.41) is 21.6. The Hall–Kier alpha value is -4.06. The van der Waals surface area contributed by atoms with E-state index >= 15 is 0 Å². The van der Waals surface area contributed by atoms with Gasteiger partial charge in [0.05, 0.1) is 11.3 Å². The topological polar surface area (TPSA) is 115 Å². The number of rotatable bonds is 6. The van der Waals surface area contributed by atoms with Crippen LogP contribution in [0, 0.1) is 11.8 Å². The van der Waals surface area contributed by atoms with E-state index in [4.69, 9.17) is 11.6 Å². The standard InChI is InChI=1S/C26H26ClN5O3/c1-4-28-25(34)32-23-15-22(30-19-11-7-18(27)8-12-19)21(16-29-23)24(33)31-20-9-5-17(6-10-20)13-14-26(2,3)35/h5-12,15-16,35H,4H2,1-3H3,(H,31,33)(H3,28,29,30,32,34). The molecule has 3 amide bonds. The maximum absolute atomic E-state index is 13.1. The van der Waals surface area contributed by atoms with E-state index in [0.717, 1.165) is 0 Å². The zero-order chi connectivity index (χ0) is 25.4. The number of carbonyl (C=O) groups excluding carboxylic acids is 2. The Kier molecular flexibility index (Phi) is 8.31. The molecule has 8 nitrogen and oxygen atoms in total. The zero-order valence-electron chi connectivity index (χ0n) is 19.6. The Morgan fingerprint density at radius 2 is 1.69 bits per heavy atom. The van der Waals surface area contributed by atoms with E-state index in [1.165, 1.54) is 6.20 Å². The fourth-order valence-electron chi connectivity index (χ4n) is 2.88. The molecule has 0 aliphatic rings. The number of urea groups is 1. The van der Waals surface area contributed by atoms with Crippen molar-refractivity contribution in [3.63, 3.8) is 0 Å². The van der Waals surface area contributed by atoms with Gasteiger partial charge in [0, 0.05) is 40.8 Å². The maximum atomic E-state index is 13.1. The van der Waals surface area contributed by atoms with Gasteiger partial charge in [-0.05, 0) is 69.3 Å². The maximum Gasteiger partial charge on any atom is 0.320 e. The van der Waals surface area contributed by atoms with Crippen molar-refractivity contribution in [3.8, 4) is 11.8 Å². The predicted octanol–water partition coefficient (Wildman–Crippen LogP) is 4.99. The minimum absolute atomic E-state index is 0.271. The lowest BCUT2D eigenvalue weighted by molar-refractivity contribution is 0.102. The number of carbonyl (C=O) groups is 2. The number of amides is 3. The van der Waals surface area contributed by atoms with Crippen LogP contribution in [0.3, 0.4) is 0 Å². The first-order valence-electron chi connectivity index (χ1n) is 10.9. The summed E-state index contributed by atoms with van der Waals surface area (Å²) in [4.78, 5) is 29.2. The van der Waals surface area contributed by atoms with Gasteiger partial charge in [0.1, 0.15) is 11.4 Å². The molecule has 1 heterocycles. The molecule has 2 aromatic carbocycles. The summed E-state index contributed by atoms with van der Waals surface area (Å²) in [6, 6.07) is 15.1. The third kappa shape index (κ3) is 8.03. The van der Waals surface area contributed by atoms with E-state index in [0.29, 0.717) is 34.2 Å². The SMILES string of the molecule is CCNC(=O)Nc1cc(Nc2ccc(Cl)cc2)c(C(=O)Nc2ccc(C#CC(C)(C)O)cc2)cn1. The van der Waals surface area contributed by atoms with E-state index in [2.05, 4.69) is 38.1 Å². The molecule has 0 aliphatic carbocycles. The second-order valence-corrected chi connectivity index (χ2v) is 8.51. The molecule has 0 unspecified atom stereocenters. The lowest BCUT2D eigenvalue weighted by atomic mass is 10.1. The predicted molar refractivity (Wildman–Crippen MR) is 139 cm³/mol. The van der Waals surface area contributed by atoms with Crippen LogP contribution in [0.1, 0.15) is 36.7 Å². The van der Waals surface area contributed by atoms with Crippen LogP contribution in [0.4, 0.5) is 27.7 Å². The molecule has 3 aromatic rings. The third-order valence-corrected chi connectivity index (χ3v) is 4.76. The minimum Gasteiger partial charge on any atom is -0.378 e. The van der Waals surface area contributed by atoms with Gasteiger partial charge in [0.2, 0.25) is 0 Å². The third-order valence-electron chi connectivity index (χ3n) is 4.51. The van der Waals surface area contributed by atoms with Gasteiger partial charge < -0.3 is 21.1 Å². The first-order chi connectivity index (χ1) is 16.6. The van der Waals surface area contributed by atoms with Gasteiger partial charge in [-0.15, -0.1) is 0 Å². The van der Waals surface area contributed by atoms with Crippen LogP contribution in [-0.2, 0) is 0 Å². The fraction of sp³-hybridized carbons (Fsp3) is 0.192. The Morgan fingerprint density at radius 1 is 1.03 bits per heavy atom. The van der Waals surface area contributed by atoms with Crippen molar-refractivity contribution in [1.82, 2.24) is 10.3 Å². The molecule has 0 saturated carbocycles. The fourth-order valence-corrected chi connectivity index (χ4v) is 3.00. The highest BCUT2D eigenvalue weighted by Gasteiger charge is 2.15. The summed E-state index contributed by atoms with van der Waals surface area (Å²) < 4.78 is 0. The van der Waals surface area contributed by atoms with Gasteiger partial charge in [-0.3, -0.25) is 10.1 Å². The number of hydrogen-bond donors (Lipinski definition) is 5. The number of benzene rings is 2. The average Bonchev–Trinajstić information content (AvgIpc) is 2.80. The van der Waals surface area contributed by atoms with Gasteiger partial charge in [0.25, 0.3) is 5.91 Å². The van der Waals surface area contributed by atoms with Crippen molar-refractivity contribution in [1.29, 1.82) is 0 Å². The Labute approximate surface area is 209 Å². The van der Waals surface area contributed by atoms with E-state index < -0.39 is 17.5 Å². The highest BCUT2D eigenvalue weighted by Crippen LogP contribution is 2.25. The molecule has 0 aliphatic heterocycles. The summed E-state index contributed by atoms with van der Waals surface area (Å²) in [5.74, 6) is 5.51. The molecule has 35 heavy (non-hydrogen) atoms. The molecule has 3 rings (SSSR count). The summed E-state index contributed by atoms with van der Waals surface area (Å²) in [6.45, 7) is 5.48. The van der Waals surface area contributed by atoms with Crippen molar-refractivity contribution in [3.05, 3.63) is 76.9 Å². The number of anilines is 4. The van der Waals surface area contributed by atoms with Crippen molar-refractivity contribution < 1.29 is 14.7 Å². The number of nitrogens with one attached hydrogen (secondary N) is 4. The summed E-state index contributed by atoms with van der Waals surface area (Å²) in [6.07, 6.45) is 1.39. The van der Waals surface area contributed by atoms with Crippen LogP contribution in [0.2, 0.25) is 5.02 Å². The number of hydrogen-bond acceptors (Lipinski definition) is 5. The van der Waals surface area contributed by atoms with Crippen LogP contribution in [0.25, 0.3) is 0 Å². The number of aromatic nitrogens is 1. The molecule has 0 atom stereocenters. The molecule has 0 bridgehead atoms. The zero-order valence-corrected chi connectivity index (χ0v) is 20.3. The van der Waals surface area contributed by atoms with Crippen LogP contribution >= 0.6 is 11.6 Å². The first-order valence-corrected chi connectivity index (χ1v) is 11.3. The quantitative estimate of drug-likeness (QED) is 0.311. The van der Waals surface area contributed by atoms with Crippen molar-refractivity contribution >= 4 is 46.4 Å². The van der Waals surface area contributed by atoms with Crippen LogP contribution in [0.15, 0.2) is 60.8 Å². The lowest BCUT2D eigenvalue weighted by Gasteiger charge is -2.14. The minimum atomic E-state index is -1.09. The summed E-state index contributed by atoms with van der Waals surface area (Å²) in [7, 11) is 0. The van der Waals surface area contributed by atoms with E-state index in [9.17, 15) is 14.7 Å². The molecule has 0 spiro atoms. The second-order valence-electron chi connectivity index (χ2n) is 8.07. The summed E-state index contributed by atoms with van der Waals surface area (Å²) in [5.41, 5.74) is 1.59. The molecular weight excluding hydrogens is 466 g/mol. The first kappa shape index (κ1) is 25.6. The molecular formula is C26H26ClN5O3. The molecule has 0 fully saturated rings. The van der Waals surface area contributed by atoms with E-state index in [1.54, 1.807) is 75.4 Å². The lowest BCUT2D eigenvalue weighted by Crippen LogP contribution is -2.28. The Bertz CT molecular complexity index is 1260. The van der Waals surface area contributed by atoms with Crippen molar-refractivity contribution in [2.75, 3.05) is 22.5 Å². The highest BCUT2D eigenvalue weighted by molar-refractivity contribution is 6.30. The molecule has 1 aromatic heterocycles. The molecule has 180 valence electrons. The largest absolute Gasteiger partial charge is 0.378 e. The average molecular weight is 492 g/mol. The van der Waals surface area contributed by atoms with Crippen molar-refractivity contribution in [2.24, 2.45) is 0 Å². The smallest absolute Gasteiger partial charge is 0.320 e. The van der Waals surface area contributed by atoms with Crippen LogP contribution in [0.5, 0.6) is 0 Å². The van der Waals surface area contributed by atoms with Gasteiger partial charge in [-0.2, -0.15) is 0 Å². The van der Waals surface area contributed by atoms with E-state index in [1.807, 2.05) is 0 Å². The number of aliphatic hydroxyl groups is 1. The molecule has 9 heteroatoms. The van der Waals surface area contributed by atoms with Gasteiger partial charge in [-0.1, -0.05) is 23.4 Å². The van der Waals surface area contributed by atoms with Crippen molar-refractivity contribution in [2.45, 2.75) is 26.4 Å². The normalized spacial score (nSPS) is 10.5. The Morgan fingerprint density at radius 3 is 2.31 bits per heavy atom. The van der Waals surface area contributed by atoms with Crippen LogP contribution < -0.4 is 21.3 Å². The van der Waals surface area contributed by atoms with Gasteiger partial charge in [-0.25, -0.2) is 9.78 Å². The van der Waals surface area contributed by atoms with E-state index in [-0.39, 0.29) is 11.4 Å². The molecule has 5 N–H and O–H groups in total.